The van der Waals surface area contributed by atoms with Crippen LogP contribution in [0.2, 0.25) is 0 Å². The van der Waals surface area contributed by atoms with E-state index in [1.165, 1.54) is 0 Å². The minimum Gasteiger partial charge on any atom is -0.435 e. The van der Waals surface area contributed by atoms with Crippen LogP contribution in [0, 0.1) is 0 Å². The van der Waals surface area contributed by atoms with E-state index in [0.717, 1.165) is 5.56 Å². The van der Waals surface area contributed by atoms with Crippen LogP contribution in [0.4, 0.5) is 4.79 Å². The Morgan fingerprint density at radius 2 is 2.00 bits per heavy atom. The van der Waals surface area contributed by atoms with E-state index >= 15 is 0 Å². The second-order valence-corrected chi connectivity index (χ2v) is 3.13. The van der Waals surface area contributed by atoms with Crippen molar-refractivity contribution >= 4 is 12.2 Å². The number of hydrogen-bond donors (Lipinski definition) is 0. The van der Waals surface area contributed by atoms with Gasteiger partial charge in [0.2, 0.25) is 0 Å². The highest BCUT2D eigenvalue weighted by atomic mass is 16.7. The summed E-state index contributed by atoms with van der Waals surface area (Å²) in [6, 6.07) is 9.97. The maximum absolute atomic E-state index is 10.8. The first-order valence-corrected chi connectivity index (χ1v) is 5.34. The second kappa shape index (κ2) is 7.51. The first-order valence-electron chi connectivity index (χ1n) is 5.34. The van der Waals surface area contributed by atoms with Crippen LogP contribution in [0.3, 0.4) is 0 Å². The van der Waals surface area contributed by atoms with E-state index in [4.69, 9.17) is 4.74 Å². The van der Waals surface area contributed by atoms with Crippen LogP contribution in [0.1, 0.15) is 18.9 Å². The molecule has 0 amide bonds. The zero-order valence-corrected chi connectivity index (χ0v) is 9.39. The SMILES string of the molecule is CCOC(=O)OCC/C=C/c1ccccc1. The molecule has 0 aromatic heterocycles. The lowest BCUT2D eigenvalue weighted by atomic mass is 10.2. The molecular weight excluding hydrogens is 204 g/mol. The Morgan fingerprint density at radius 3 is 2.69 bits per heavy atom. The molecule has 0 atom stereocenters. The zero-order chi connectivity index (χ0) is 11.6. The van der Waals surface area contributed by atoms with Gasteiger partial charge in [-0.2, -0.15) is 0 Å². The second-order valence-electron chi connectivity index (χ2n) is 3.13. The van der Waals surface area contributed by atoms with Crippen molar-refractivity contribution in [3.63, 3.8) is 0 Å². The van der Waals surface area contributed by atoms with Crippen LogP contribution in [0.25, 0.3) is 6.08 Å². The van der Waals surface area contributed by atoms with Gasteiger partial charge in [-0.1, -0.05) is 42.5 Å². The predicted molar refractivity (Wildman–Crippen MR) is 63.1 cm³/mol. The van der Waals surface area contributed by atoms with Gasteiger partial charge in [-0.25, -0.2) is 4.79 Å². The smallest absolute Gasteiger partial charge is 0.435 e. The van der Waals surface area contributed by atoms with Crippen LogP contribution in [0.15, 0.2) is 36.4 Å². The Hall–Kier alpha value is -1.77. The number of carbonyl (C=O) groups excluding carboxylic acids is 1. The minimum atomic E-state index is -0.601. The first kappa shape index (κ1) is 12.3. The normalized spacial score (nSPS) is 10.3. The van der Waals surface area contributed by atoms with Gasteiger partial charge in [-0.05, 0) is 12.5 Å². The van der Waals surface area contributed by atoms with Crippen molar-refractivity contribution < 1.29 is 14.3 Å². The predicted octanol–water partition coefficient (Wildman–Crippen LogP) is 3.26. The molecule has 0 N–H and O–H groups in total. The molecule has 1 aromatic rings. The third kappa shape index (κ3) is 5.20. The summed E-state index contributed by atoms with van der Waals surface area (Å²) in [5.74, 6) is 0. The molecule has 0 radical (unpaired) electrons. The van der Waals surface area contributed by atoms with Crippen molar-refractivity contribution in [2.75, 3.05) is 13.2 Å². The van der Waals surface area contributed by atoms with Gasteiger partial charge in [0, 0.05) is 6.42 Å². The van der Waals surface area contributed by atoms with Crippen molar-refractivity contribution in [3.05, 3.63) is 42.0 Å². The Labute approximate surface area is 95.7 Å². The van der Waals surface area contributed by atoms with Crippen LogP contribution >= 0.6 is 0 Å². The fourth-order valence-electron chi connectivity index (χ4n) is 1.15. The molecule has 0 aliphatic heterocycles. The number of rotatable bonds is 5. The van der Waals surface area contributed by atoms with Crippen molar-refractivity contribution in [3.8, 4) is 0 Å². The molecule has 0 heterocycles. The van der Waals surface area contributed by atoms with Gasteiger partial charge >= 0.3 is 6.16 Å². The molecule has 1 aromatic carbocycles. The van der Waals surface area contributed by atoms with E-state index in [1.807, 2.05) is 42.5 Å². The first-order chi connectivity index (χ1) is 7.83. The Bertz CT molecular complexity index is 330. The molecule has 16 heavy (non-hydrogen) atoms. The summed E-state index contributed by atoms with van der Waals surface area (Å²) in [5, 5.41) is 0. The zero-order valence-electron chi connectivity index (χ0n) is 9.39. The number of ether oxygens (including phenoxy) is 2. The largest absolute Gasteiger partial charge is 0.508 e. The summed E-state index contributed by atoms with van der Waals surface area (Å²) < 4.78 is 9.43. The molecule has 0 aliphatic carbocycles. The van der Waals surface area contributed by atoms with Gasteiger partial charge in [0.25, 0.3) is 0 Å². The van der Waals surface area contributed by atoms with E-state index in [1.54, 1.807) is 6.92 Å². The molecule has 86 valence electrons. The maximum atomic E-state index is 10.8. The average Bonchev–Trinajstić information content (AvgIpc) is 2.30. The summed E-state index contributed by atoms with van der Waals surface area (Å²) >= 11 is 0. The fourth-order valence-corrected chi connectivity index (χ4v) is 1.15. The topological polar surface area (TPSA) is 35.5 Å². The fraction of sp³-hybridized carbons (Fsp3) is 0.308. The number of benzene rings is 1. The van der Waals surface area contributed by atoms with Crippen molar-refractivity contribution in [1.82, 2.24) is 0 Å². The molecular formula is C13H16O3. The van der Waals surface area contributed by atoms with Crippen molar-refractivity contribution in [1.29, 1.82) is 0 Å². The van der Waals surface area contributed by atoms with E-state index in [9.17, 15) is 4.79 Å². The molecule has 3 heteroatoms. The molecule has 3 nitrogen and oxygen atoms in total. The highest BCUT2D eigenvalue weighted by molar-refractivity contribution is 5.59. The van der Waals surface area contributed by atoms with Gasteiger partial charge in [0.05, 0.1) is 13.2 Å². The van der Waals surface area contributed by atoms with E-state index in [0.29, 0.717) is 19.6 Å². The third-order valence-electron chi connectivity index (χ3n) is 1.88. The summed E-state index contributed by atoms with van der Waals surface area (Å²) in [6.45, 7) is 2.44. The minimum absolute atomic E-state index is 0.346. The van der Waals surface area contributed by atoms with Crippen LogP contribution < -0.4 is 0 Å². The quantitative estimate of drug-likeness (QED) is 0.564. The summed E-state index contributed by atoms with van der Waals surface area (Å²) in [4.78, 5) is 10.8. The van der Waals surface area contributed by atoms with Gasteiger partial charge in [0.15, 0.2) is 0 Å². The van der Waals surface area contributed by atoms with Crippen LogP contribution in [-0.4, -0.2) is 19.4 Å². The Morgan fingerprint density at radius 1 is 1.25 bits per heavy atom. The van der Waals surface area contributed by atoms with E-state index in [-0.39, 0.29) is 0 Å². The van der Waals surface area contributed by atoms with Gasteiger partial charge < -0.3 is 9.47 Å². The molecule has 0 fully saturated rings. The monoisotopic (exact) mass is 220 g/mol. The van der Waals surface area contributed by atoms with Gasteiger partial charge in [-0.15, -0.1) is 0 Å². The molecule has 0 unspecified atom stereocenters. The highest BCUT2D eigenvalue weighted by Gasteiger charge is 1.98. The molecule has 0 saturated heterocycles. The lowest BCUT2D eigenvalue weighted by Gasteiger charge is -2.01. The van der Waals surface area contributed by atoms with E-state index < -0.39 is 6.16 Å². The van der Waals surface area contributed by atoms with Gasteiger partial charge in [0.1, 0.15) is 0 Å². The summed E-state index contributed by atoms with van der Waals surface area (Å²) in [7, 11) is 0. The lowest BCUT2D eigenvalue weighted by molar-refractivity contribution is 0.0604. The van der Waals surface area contributed by atoms with Gasteiger partial charge in [-0.3, -0.25) is 0 Å². The average molecular weight is 220 g/mol. The summed E-state index contributed by atoms with van der Waals surface area (Å²) in [6.07, 6.45) is 4.05. The van der Waals surface area contributed by atoms with Crippen LogP contribution in [0.5, 0.6) is 0 Å². The van der Waals surface area contributed by atoms with Crippen molar-refractivity contribution in [2.45, 2.75) is 13.3 Å². The lowest BCUT2D eigenvalue weighted by Crippen LogP contribution is -2.07. The number of carbonyl (C=O) groups is 1. The molecule has 0 saturated carbocycles. The molecule has 0 aliphatic rings. The Balaban J connectivity index is 2.16. The van der Waals surface area contributed by atoms with Crippen LogP contribution in [-0.2, 0) is 9.47 Å². The Kier molecular flexibility index (Phi) is 5.78. The standard InChI is InChI=1S/C13H16O3/c1-2-15-13(14)16-11-7-6-10-12-8-4-3-5-9-12/h3-6,8-10H,2,7,11H2,1H3/b10-6+. The van der Waals surface area contributed by atoms with E-state index in [2.05, 4.69) is 4.74 Å². The summed E-state index contributed by atoms with van der Waals surface area (Å²) in [5.41, 5.74) is 1.14. The number of hydrogen-bond acceptors (Lipinski definition) is 3. The molecule has 0 spiro atoms. The maximum Gasteiger partial charge on any atom is 0.508 e. The molecule has 0 bridgehead atoms. The highest BCUT2D eigenvalue weighted by Crippen LogP contribution is 2.01. The third-order valence-corrected chi connectivity index (χ3v) is 1.88. The molecule has 1 rings (SSSR count). The van der Waals surface area contributed by atoms with Crippen molar-refractivity contribution in [2.24, 2.45) is 0 Å².